The van der Waals surface area contributed by atoms with Gasteiger partial charge in [-0.1, -0.05) is 37.8 Å². The lowest BCUT2D eigenvalue weighted by Gasteiger charge is -2.35. The van der Waals surface area contributed by atoms with Crippen LogP contribution in [0.5, 0.6) is 0 Å². The van der Waals surface area contributed by atoms with Gasteiger partial charge >= 0.3 is 0 Å². The monoisotopic (exact) mass is 444 g/mol. The summed E-state index contributed by atoms with van der Waals surface area (Å²) in [6.45, 7) is 10.7. The molecule has 1 aromatic rings. The van der Waals surface area contributed by atoms with Gasteiger partial charge in [0.05, 0.1) is 4.91 Å². The minimum atomic E-state index is -0.263. The summed E-state index contributed by atoms with van der Waals surface area (Å²) in [4.78, 5) is 30.4. The third-order valence-corrected chi connectivity index (χ3v) is 7.09. The standard InChI is InChI=1S/C22H28N4O2S2/c1-5-9-26-21(28)18(30-22(26)29)11-16-15(4)17(12-23)20(27)25(6-2)19(16)24-10-7-8-14(3)13-24/h11,14H,5-10,13H2,1-4H3/b18-11+. The highest BCUT2D eigenvalue weighted by molar-refractivity contribution is 8.26. The van der Waals surface area contributed by atoms with Crippen LogP contribution in [0, 0.1) is 24.2 Å². The predicted octanol–water partition coefficient (Wildman–Crippen LogP) is 3.90. The first-order chi connectivity index (χ1) is 14.3. The Morgan fingerprint density at radius 2 is 2.07 bits per heavy atom. The first-order valence-electron chi connectivity index (χ1n) is 10.5. The fraction of sp³-hybridized carbons (Fsp3) is 0.545. The Morgan fingerprint density at radius 1 is 1.33 bits per heavy atom. The second-order valence-electron chi connectivity index (χ2n) is 7.93. The van der Waals surface area contributed by atoms with E-state index in [0.29, 0.717) is 33.8 Å². The number of thioether (sulfide) groups is 1. The fourth-order valence-electron chi connectivity index (χ4n) is 4.21. The molecule has 1 aromatic heterocycles. The maximum atomic E-state index is 13.0. The minimum Gasteiger partial charge on any atom is -0.357 e. The molecule has 2 fully saturated rings. The van der Waals surface area contributed by atoms with Gasteiger partial charge in [0.15, 0.2) is 0 Å². The van der Waals surface area contributed by atoms with Crippen molar-refractivity contribution in [3.05, 3.63) is 31.9 Å². The van der Waals surface area contributed by atoms with Crippen molar-refractivity contribution < 1.29 is 4.79 Å². The lowest BCUT2D eigenvalue weighted by Crippen LogP contribution is -2.40. The van der Waals surface area contributed by atoms with E-state index in [1.165, 1.54) is 11.8 Å². The fourth-order valence-corrected chi connectivity index (χ4v) is 5.50. The highest BCUT2D eigenvalue weighted by atomic mass is 32.2. The molecule has 0 N–H and O–H groups in total. The molecule has 30 heavy (non-hydrogen) atoms. The molecule has 1 atom stereocenters. The van der Waals surface area contributed by atoms with Gasteiger partial charge in [0.2, 0.25) is 0 Å². The molecule has 0 bridgehead atoms. The molecule has 1 amide bonds. The zero-order chi connectivity index (χ0) is 22.0. The van der Waals surface area contributed by atoms with Crippen LogP contribution in [0.4, 0.5) is 5.82 Å². The molecule has 0 spiro atoms. The van der Waals surface area contributed by atoms with Gasteiger partial charge in [-0.3, -0.25) is 19.1 Å². The highest BCUT2D eigenvalue weighted by Gasteiger charge is 2.33. The van der Waals surface area contributed by atoms with Crippen molar-refractivity contribution in [2.75, 3.05) is 24.5 Å². The van der Waals surface area contributed by atoms with E-state index in [0.717, 1.165) is 43.7 Å². The molecule has 0 saturated carbocycles. The largest absolute Gasteiger partial charge is 0.357 e. The highest BCUT2D eigenvalue weighted by Crippen LogP contribution is 2.36. The van der Waals surface area contributed by atoms with Crippen LogP contribution in [0.2, 0.25) is 0 Å². The molecular formula is C22H28N4O2S2. The van der Waals surface area contributed by atoms with Crippen LogP contribution in [-0.2, 0) is 11.3 Å². The van der Waals surface area contributed by atoms with E-state index in [1.807, 2.05) is 19.9 Å². The number of thiocarbonyl (C=S) groups is 1. The maximum absolute atomic E-state index is 13.0. The number of carbonyl (C=O) groups is 1. The number of pyridine rings is 1. The summed E-state index contributed by atoms with van der Waals surface area (Å²) >= 11 is 6.70. The molecule has 8 heteroatoms. The molecule has 1 unspecified atom stereocenters. The van der Waals surface area contributed by atoms with E-state index in [1.54, 1.807) is 16.4 Å². The summed E-state index contributed by atoms with van der Waals surface area (Å²) in [6.07, 6.45) is 4.88. The van der Waals surface area contributed by atoms with Gasteiger partial charge in [0.1, 0.15) is 21.8 Å². The number of nitrogens with zero attached hydrogens (tertiary/aromatic N) is 4. The molecule has 6 nitrogen and oxygen atoms in total. The van der Waals surface area contributed by atoms with Crippen LogP contribution in [0.15, 0.2) is 9.70 Å². The Labute approximate surface area is 187 Å². The normalized spacial score (nSPS) is 20.9. The van der Waals surface area contributed by atoms with E-state index >= 15 is 0 Å². The van der Waals surface area contributed by atoms with Gasteiger partial charge in [-0.05, 0) is 50.7 Å². The molecule has 2 aliphatic rings. The molecule has 0 aliphatic carbocycles. The second-order valence-corrected chi connectivity index (χ2v) is 9.60. The van der Waals surface area contributed by atoms with Crippen LogP contribution in [0.1, 0.15) is 56.7 Å². The molecule has 0 radical (unpaired) electrons. The molecule has 3 heterocycles. The summed E-state index contributed by atoms with van der Waals surface area (Å²) < 4.78 is 2.24. The van der Waals surface area contributed by atoms with Gasteiger partial charge in [0, 0.05) is 31.7 Å². The zero-order valence-corrected chi connectivity index (χ0v) is 19.7. The van der Waals surface area contributed by atoms with Gasteiger partial charge in [-0.15, -0.1) is 0 Å². The summed E-state index contributed by atoms with van der Waals surface area (Å²) in [5.41, 5.74) is 1.28. The van der Waals surface area contributed by atoms with E-state index in [2.05, 4.69) is 17.9 Å². The number of carbonyl (C=O) groups excluding carboxylic acids is 1. The van der Waals surface area contributed by atoms with E-state index in [-0.39, 0.29) is 17.0 Å². The third kappa shape index (κ3) is 4.06. The number of aromatic nitrogens is 1. The average molecular weight is 445 g/mol. The maximum Gasteiger partial charge on any atom is 0.270 e. The topological polar surface area (TPSA) is 69.3 Å². The van der Waals surface area contributed by atoms with Gasteiger partial charge in [0.25, 0.3) is 11.5 Å². The molecule has 160 valence electrons. The predicted molar refractivity (Wildman–Crippen MR) is 127 cm³/mol. The summed E-state index contributed by atoms with van der Waals surface area (Å²) in [7, 11) is 0. The van der Waals surface area contributed by atoms with E-state index < -0.39 is 0 Å². The lowest BCUT2D eigenvalue weighted by atomic mass is 9.98. The lowest BCUT2D eigenvalue weighted by molar-refractivity contribution is -0.122. The van der Waals surface area contributed by atoms with Crippen LogP contribution in [0.25, 0.3) is 6.08 Å². The first-order valence-corrected chi connectivity index (χ1v) is 11.7. The van der Waals surface area contributed by atoms with Crippen LogP contribution in [0.3, 0.4) is 0 Å². The van der Waals surface area contributed by atoms with Crippen LogP contribution >= 0.6 is 24.0 Å². The van der Waals surface area contributed by atoms with E-state index in [9.17, 15) is 14.9 Å². The zero-order valence-electron chi connectivity index (χ0n) is 18.0. The van der Waals surface area contributed by atoms with Crippen molar-refractivity contribution in [2.45, 2.75) is 53.5 Å². The second kappa shape index (κ2) is 9.36. The number of hydrogen-bond donors (Lipinski definition) is 0. The summed E-state index contributed by atoms with van der Waals surface area (Å²) in [5.74, 6) is 1.23. The smallest absolute Gasteiger partial charge is 0.270 e. The molecular weight excluding hydrogens is 416 g/mol. The Hall–Kier alpha value is -2.11. The number of anilines is 1. The quantitative estimate of drug-likeness (QED) is 0.507. The number of piperidine rings is 1. The van der Waals surface area contributed by atoms with Crippen LogP contribution in [-0.4, -0.2) is 39.3 Å². The third-order valence-electron chi connectivity index (χ3n) is 5.72. The summed E-state index contributed by atoms with van der Waals surface area (Å²) in [6, 6.07) is 2.08. The molecule has 2 aliphatic heterocycles. The SMILES string of the molecule is CCCN1C(=O)/C(=C\c2c(C)c(C#N)c(=O)n(CC)c2N2CCCC(C)C2)SC1=S. The number of amides is 1. The minimum absolute atomic E-state index is 0.100. The Bertz CT molecular complexity index is 1010. The van der Waals surface area contributed by atoms with Crippen molar-refractivity contribution in [1.82, 2.24) is 9.47 Å². The Kier molecular flexibility index (Phi) is 7.04. The number of nitriles is 1. The Morgan fingerprint density at radius 3 is 2.67 bits per heavy atom. The average Bonchev–Trinajstić information content (AvgIpc) is 2.98. The van der Waals surface area contributed by atoms with Crippen molar-refractivity contribution in [3.63, 3.8) is 0 Å². The molecule has 2 saturated heterocycles. The summed E-state index contributed by atoms with van der Waals surface area (Å²) in [5, 5.41) is 9.66. The molecule has 3 rings (SSSR count). The number of rotatable bonds is 5. The number of hydrogen-bond acceptors (Lipinski definition) is 6. The van der Waals surface area contributed by atoms with Crippen molar-refractivity contribution in [1.29, 1.82) is 5.26 Å². The van der Waals surface area contributed by atoms with Crippen molar-refractivity contribution >= 4 is 46.1 Å². The van der Waals surface area contributed by atoms with Gasteiger partial charge < -0.3 is 4.90 Å². The van der Waals surface area contributed by atoms with E-state index in [4.69, 9.17) is 12.2 Å². The Balaban J connectivity index is 2.22. The van der Waals surface area contributed by atoms with Gasteiger partial charge in [-0.2, -0.15) is 5.26 Å². The van der Waals surface area contributed by atoms with Crippen molar-refractivity contribution in [3.8, 4) is 6.07 Å². The molecule has 0 aromatic carbocycles. The van der Waals surface area contributed by atoms with Crippen LogP contribution < -0.4 is 10.5 Å². The first kappa shape index (κ1) is 22.6. The van der Waals surface area contributed by atoms with Crippen molar-refractivity contribution in [2.24, 2.45) is 5.92 Å². The van der Waals surface area contributed by atoms with Gasteiger partial charge in [-0.25, -0.2) is 0 Å².